The molecular weight excluding hydrogens is 200 g/mol. The topological polar surface area (TPSA) is 63.4 Å². The first-order chi connectivity index (χ1) is 6.52. The summed E-state index contributed by atoms with van der Waals surface area (Å²) in [7, 11) is -3.44. The van der Waals surface area contributed by atoms with E-state index in [1.165, 1.54) is 36.4 Å². The van der Waals surface area contributed by atoms with Crippen LogP contribution >= 0.6 is 0 Å². The minimum atomic E-state index is -3.44. The van der Waals surface area contributed by atoms with Crippen molar-refractivity contribution >= 4 is 10.2 Å². The van der Waals surface area contributed by atoms with E-state index in [1.54, 1.807) is 0 Å². The van der Waals surface area contributed by atoms with Gasteiger partial charge in [0.05, 0.1) is 0 Å². The molecule has 2 fully saturated rings. The van der Waals surface area contributed by atoms with E-state index in [2.05, 4.69) is 0 Å². The molecule has 1 aliphatic heterocycles. The zero-order valence-corrected chi connectivity index (χ0v) is 9.22. The van der Waals surface area contributed by atoms with Crippen LogP contribution in [-0.2, 0) is 10.2 Å². The lowest BCUT2D eigenvalue weighted by Crippen LogP contribution is -2.37. The molecule has 1 aliphatic carbocycles. The van der Waals surface area contributed by atoms with E-state index in [4.69, 9.17) is 5.14 Å². The average molecular weight is 218 g/mol. The van der Waals surface area contributed by atoms with E-state index in [0.717, 1.165) is 6.42 Å². The normalized spacial score (nSPS) is 28.4. The first-order valence-corrected chi connectivity index (χ1v) is 6.80. The van der Waals surface area contributed by atoms with Crippen molar-refractivity contribution in [2.45, 2.75) is 38.5 Å². The summed E-state index contributed by atoms with van der Waals surface area (Å²) in [6.07, 6.45) is 7.16. The van der Waals surface area contributed by atoms with Crippen molar-refractivity contribution < 1.29 is 8.42 Å². The average Bonchev–Trinajstić information content (AvgIpc) is 2.50. The highest BCUT2D eigenvalue weighted by atomic mass is 32.2. The smallest absolute Gasteiger partial charge is 0.216 e. The molecule has 2 rings (SSSR count). The summed E-state index contributed by atoms with van der Waals surface area (Å²) in [4.78, 5) is 0. The van der Waals surface area contributed by atoms with Crippen LogP contribution in [0.15, 0.2) is 0 Å². The van der Waals surface area contributed by atoms with Gasteiger partial charge in [-0.05, 0) is 24.7 Å². The van der Waals surface area contributed by atoms with Crippen molar-refractivity contribution in [1.29, 1.82) is 0 Å². The predicted octanol–water partition coefficient (Wildman–Crippen LogP) is 0.846. The van der Waals surface area contributed by atoms with E-state index in [1.807, 2.05) is 0 Å². The number of nitrogens with two attached hydrogens (primary N) is 1. The minimum Gasteiger partial charge on any atom is -0.216 e. The zero-order chi connectivity index (χ0) is 10.2. The van der Waals surface area contributed by atoms with Crippen LogP contribution < -0.4 is 5.14 Å². The Morgan fingerprint density at radius 1 is 1.07 bits per heavy atom. The van der Waals surface area contributed by atoms with Gasteiger partial charge in [0.25, 0.3) is 10.2 Å². The molecule has 1 saturated heterocycles. The maximum atomic E-state index is 11.2. The number of hydrogen-bond acceptors (Lipinski definition) is 2. The highest BCUT2D eigenvalue weighted by Gasteiger charge is 2.41. The van der Waals surface area contributed by atoms with Gasteiger partial charge in [-0.1, -0.05) is 19.3 Å². The van der Waals surface area contributed by atoms with Crippen LogP contribution in [0.2, 0.25) is 0 Å². The van der Waals surface area contributed by atoms with Gasteiger partial charge < -0.3 is 0 Å². The largest absolute Gasteiger partial charge is 0.276 e. The number of nitrogens with zero attached hydrogens (tertiary/aromatic N) is 1. The fourth-order valence-electron chi connectivity index (χ4n) is 2.82. The molecule has 0 amide bonds. The Labute approximate surface area is 85.6 Å². The predicted molar refractivity (Wildman–Crippen MR) is 54.8 cm³/mol. The Hall–Kier alpha value is -0.130. The van der Waals surface area contributed by atoms with Gasteiger partial charge in [0, 0.05) is 13.1 Å². The maximum Gasteiger partial charge on any atom is 0.276 e. The molecule has 0 bridgehead atoms. The Balaban J connectivity index is 2.06. The molecule has 1 spiro atoms. The van der Waals surface area contributed by atoms with Crippen molar-refractivity contribution in [2.75, 3.05) is 13.1 Å². The monoisotopic (exact) mass is 218 g/mol. The molecule has 5 heteroatoms. The number of hydrogen-bond donors (Lipinski definition) is 1. The van der Waals surface area contributed by atoms with E-state index < -0.39 is 10.2 Å². The molecule has 4 nitrogen and oxygen atoms in total. The van der Waals surface area contributed by atoms with Gasteiger partial charge in [-0.3, -0.25) is 0 Å². The molecule has 2 N–H and O–H groups in total. The van der Waals surface area contributed by atoms with E-state index in [9.17, 15) is 8.42 Å². The Morgan fingerprint density at radius 3 is 2.21 bits per heavy atom. The van der Waals surface area contributed by atoms with Crippen LogP contribution in [0.5, 0.6) is 0 Å². The fraction of sp³-hybridized carbons (Fsp3) is 1.00. The molecule has 0 aromatic heterocycles. The van der Waals surface area contributed by atoms with Gasteiger partial charge in [-0.25, -0.2) is 5.14 Å². The first kappa shape index (κ1) is 10.4. The van der Waals surface area contributed by atoms with E-state index in [0.29, 0.717) is 13.1 Å². The molecule has 0 atom stereocenters. The third-order valence-corrected chi connectivity index (χ3v) is 4.71. The van der Waals surface area contributed by atoms with Crippen LogP contribution in [0.4, 0.5) is 0 Å². The molecule has 14 heavy (non-hydrogen) atoms. The second kappa shape index (κ2) is 3.47. The van der Waals surface area contributed by atoms with Crippen LogP contribution in [0, 0.1) is 5.41 Å². The first-order valence-electron chi connectivity index (χ1n) is 5.30. The summed E-state index contributed by atoms with van der Waals surface area (Å²) in [5.74, 6) is 0. The quantitative estimate of drug-likeness (QED) is 0.709. The van der Waals surface area contributed by atoms with Gasteiger partial charge in [-0.2, -0.15) is 12.7 Å². The summed E-state index contributed by atoms with van der Waals surface area (Å²) >= 11 is 0. The van der Waals surface area contributed by atoms with E-state index >= 15 is 0 Å². The Bertz CT molecular complexity index is 307. The standard InChI is InChI=1S/C9H18N2O2S/c10-14(12,13)11-7-6-9(8-11)4-2-1-3-5-9/h1-8H2,(H2,10,12,13). The maximum absolute atomic E-state index is 11.2. The van der Waals surface area contributed by atoms with Crippen LogP contribution in [0.25, 0.3) is 0 Å². The van der Waals surface area contributed by atoms with Crippen molar-refractivity contribution in [2.24, 2.45) is 10.6 Å². The van der Waals surface area contributed by atoms with Crippen molar-refractivity contribution in [3.63, 3.8) is 0 Å². The zero-order valence-electron chi connectivity index (χ0n) is 8.41. The molecule has 0 aromatic rings. The molecule has 2 aliphatic rings. The molecule has 0 unspecified atom stereocenters. The summed E-state index contributed by atoms with van der Waals surface area (Å²) in [5, 5.41) is 5.13. The lowest BCUT2D eigenvalue weighted by Gasteiger charge is -2.32. The minimum absolute atomic E-state index is 0.269. The van der Waals surface area contributed by atoms with Crippen LogP contribution in [0.3, 0.4) is 0 Å². The highest BCUT2D eigenvalue weighted by molar-refractivity contribution is 7.86. The number of rotatable bonds is 1. The lowest BCUT2D eigenvalue weighted by molar-refractivity contribution is 0.205. The second-order valence-corrected chi connectivity index (χ2v) is 6.24. The lowest BCUT2D eigenvalue weighted by atomic mass is 9.74. The molecule has 1 heterocycles. The van der Waals surface area contributed by atoms with Crippen LogP contribution in [0.1, 0.15) is 38.5 Å². The summed E-state index contributed by atoms with van der Waals surface area (Å²) < 4.78 is 23.8. The summed E-state index contributed by atoms with van der Waals surface area (Å²) in [6, 6.07) is 0. The van der Waals surface area contributed by atoms with Crippen molar-refractivity contribution in [3.05, 3.63) is 0 Å². The van der Waals surface area contributed by atoms with Gasteiger partial charge >= 0.3 is 0 Å². The fourth-order valence-corrected chi connectivity index (χ4v) is 3.62. The Morgan fingerprint density at radius 2 is 1.71 bits per heavy atom. The molecule has 1 saturated carbocycles. The molecule has 0 aromatic carbocycles. The van der Waals surface area contributed by atoms with Gasteiger partial charge in [0.1, 0.15) is 0 Å². The van der Waals surface area contributed by atoms with Gasteiger partial charge in [-0.15, -0.1) is 0 Å². The van der Waals surface area contributed by atoms with Gasteiger partial charge in [0.15, 0.2) is 0 Å². The van der Waals surface area contributed by atoms with Crippen molar-refractivity contribution in [3.8, 4) is 0 Å². The second-order valence-electron chi connectivity index (χ2n) is 4.69. The third kappa shape index (κ3) is 1.94. The Kier molecular flexibility index (Phi) is 2.57. The summed E-state index contributed by atoms with van der Waals surface area (Å²) in [5.41, 5.74) is 0.269. The summed E-state index contributed by atoms with van der Waals surface area (Å²) in [6.45, 7) is 1.28. The van der Waals surface area contributed by atoms with Gasteiger partial charge in [0.2, 0.25) is 0 Å². The van der Waals surface area contributed by atoms with Crippen molar-refractivity contribution in [1.82, 2.24) is 4.31 Å². The molecular formula is C9H18N2O2S. The highest BCUT2D eigenvalue weighted by Crippen LogP contribution is 2.43. The molecule has 0 radical (unpaired) electrons. The third-order valence-electron chi connectivity index (χ3n) is 3.68. The van der Waals surface area contributed by atoms with Crippen LogP contribution in [-0.4, -0.2) is 25.8 Å². The SMILES string of the molecule is NS(=O)(=O)N1CCC2(CCCCC2)C1. The molecule has 82 valence electrons. The van der Waals surface area contributed by atoms with E-state index in [-0.39, 0.29) is 5.41 Å².